The van der Waals surface area contributed by atoms with E-state index in [1.54, 1.807) is 7.05 Å². The Labute approximate surface area is 228 Å². The fourth-order valence-electron chi connectivity index (χ4n) is 6.00. The summed E-state index contributed by atoms with van der Waals surface area (Å²) in [5.74, 6) is 2.93. The number of likely N-dealkylation sites (N-methyl/N-ethyl adjacent to an activating group) is 1. The number of aldehydes is 2. The normalized spacial score (nSPS) is 20.5. The van der Waals surface area contributed by atoms with Gasteiger partial charge in [-0.05, 0) is 74.9 Å². The van der Waals surface area contributed by atoms with Crippen molar-refractivity contribution in [2.45, 2.75) is 88.1 Å². The summed E-state index contributed by atoms with van der Waals surface area (Å²) in [6.07, 6.45) is 14.7. The Hall–Kier alpha value is -1.70. The monoisotopic (exact) mass is 529 g/mol. The van der Waals surface area contributed by atoms with Crippen LogP contribution in [0, 0.1) is 11.8 Å². The molecular formula is C30H47N3O3S. The highest BCUT2D eigenvalue weighted by Crippen LogP contribution is 2.36. The first kappa shape index (κ1) is 29.9. The lowest BCUT2D eigenvalue weighted by molar-refractivity contribution is -0.121. The van der Waals surface area contributed by atoms with Gasteiger partial charge in [-0.25, -0.2) is 0 Å². The molecular weight excluding hydrogens is 482 g/mol. The molecule has 1 N–H and O–H groups in total. The molecule has 0 spiro atoms. The van der Waals surface area contributed by atoms with Gasteiger partial charge < -0.3 is 15.0 Å². The number of thioether (sulfide) groups is 1. The molecule has 1 aliphatic carbocycles. The van der Waals surface area contributed by atoms with Gasteiger partial charge in [-0.15, -0.1) is 11.8 Å². The zero-order valence-electron chi connectivity index (χ0n) is 23.0. The second kappa shape index (κ2) is 16.3. The molecule has 1 aromatic carbocycles. The van der Waals surface area contributed by atoms with E-state index in [-0.39, 0.29) is 11.9 Å². The molecule has 1 heterocycles. The number of carbonyl (C=O) groups is 3. The molecule has 3 rings (SSSR count). The molecule has 1 amide bonds. The first-order valence-corrected chi connectivity index (χ1v) is 15.3. The van der Waals surface area contributed by atoms with Crippen molar-refractivity contribution < 1.29 is 14.4 Å². The summed E-state index contributed by atoms with van der Waals surface area (Å²) in [6.45, 7) is 4.48. The molecule has 3 unspecified atom stereocenters. The molecule has 0 aromatic heterocycles. The third-order valence-electron chi connectivity index (χ3n) is 8.30. The fourth-order valence-corrected chi connectivity index (χ4v) is 7.10. The van der Waals surface area contributed by atoms with Crippen LogP contribution in [0.3, 0.4) is 0 Å². The standard InChI is InChI=1S/C30H47N3O3S/c1-31-30(36)16-15-27(23-35)32(2)21-28-26(22-34)13-10-14-29(28)37-18-9-5-3-4-8-17-33-19-24-11-6-7-12-25(24)20-33/h10,13-14,22-25,27H,3-9,11-12,15-21H2,1-2H3,(H,31,36). The third kappa shape index (κ3) is 9.52. The lowest BCUT2D eigenvalue weighted by Gasteiger charge is -2.25. The van der Waals surface area contributed by atoms with Crippen LogP contribution in [-0.2, 0) is 16.1 Å². The number of hydrogen-bond acceptors (Lipinski definition) is 6. The van der Waals surface area contributed by atoms with Crippen LogP contribution in [0.2, 0.25) is 0 Å². The summed E-state index contributed by atoms with van der Waals surface area (Å²) < 4.78 is 0. The summed E-state index contributed by atoms with van der Waals surface area (Å²) in [7, 11) is 3.49. The Balaban J connectivity index is 1.37. The summed E-state index contributed by atoms with van der Waals surface area (Å²) in [6, 6.07) is 5.50. The van der Waals surface area contributed by atoms with Gasteiger partial charge in [-0.1, -0.05) is 44.2 Å². The van der Waals surface area contributed by atoms with Gasteiger partial charge in [0.1, 0.15) is 12.6 Å². The van der Waals surface area contributed by atoms with Crippen molar-refractivity contribution in [3.05, 3.63) is 29.3 Å². The number of likely N-dealkylation sites (tertiary alicyclic amines) is 1. The van der Waals surface area contributed by atoms with Crippen LogP contribution in [0.15, 0.2) is 23.1 Å². The van der Waals surface area contributed by atoms with Crippen molar-refractivity contribution in [3.63, 3.8) is 0 Å². The highest BCUT2D eigenvalue weighted by Gasteiger charge is 2.33. The number of unbranched alkanes of at least 4 members (excludes halogenated alkanes) is 4. The van der Waals surface area contributed by atoms with E-state index in [0.717, 1.165) is 40.6 Å². The Morgan fingerprint density at radius 1 is 1.11 bits per heavy atom. The summed E-state index contributed by atoms with van der Waals surface area (Å²) in [5, 5.41) is 2.60. The van der Waals surface area contributed by atoms with Gasteiger partial charge in [0.2, 0.25) is 5.91 Å². The van der Waals surface area contributed by atoms with Crippen LogP contribution in [0.1, 0.15) is 86.6 Å². The summed E-state index contributed by atoms with van der Waals surface area (Å²) in [5.41, 5.74) is 1.65. The highest BCUT2D eigenvalue weighted by molar-refractivity contribution is 7.99. The highest BCUT2D eigenvalue weighted by atomic mass is 32.2. The van der Waals surface area contributed by atoms with E-state index in [9.17, 15) is 14.4 Å². The Morgan fingerprint density at radius 2 is 1.81 bits per heavy atom. The molecule has 1 aromatic rings. The van der Waals surface area contributed by atoms with Crippen LogP contribution in [0.4, 0.5) is 0 Å². The molecule has 1 saturated heterocycles. The Morgan fingerprint density at radius 3 is 2.49 bits per heavy atom. The Bertz CT molecular complexity index is 850. The van der Waals surface area contributed by atoms with Crippen LogP contribution in [0.5, 0.6) is 0 Å². The average molecular weight is 530 g/mol. The van der Waals surface area contributed by atoms with Crippen LogP contribution >= 0.6 is 11.8 Å². The van der Waals surface area contributed by atoms with E-state index in [2.05, 4.69) is 16.3 Å². The number of carbonyl (C=O) groups excluding carboxylic acids is 3. The maximum atomic E-state index is 11.7. The minimum atomic E-state index is -0.362. The number of nitrogens with one attached hydrogen (secondary N) is 1. The zero-order chi connectivity index (χ0) is 26.5. The number of amides is 1. The first-order valence-electron chi connectivity index (χ1n) is 14.3. The molecule has 206 valence electrons. The van der Waals surface area contributed by atoms with Gasteiger partial charge in [0.05, 0.1) is 6.04 Å². The smallest absolute Gasteiger partial charge is 0.219 e. The van der Waals surface area contributed by atoms with Gasteiger partial charge in [-0.2, -0.15) is 0 Å². The SMILES string of the molecule is CNC(=O)CCC(C=O)N(C)Cc1c(C=O)cccc1SCCCCCCCN1CC2CCCCC2C1. The molecule has 6 nitrogen and oxygen atoms in total. The average Bonchev–Trinajstić information content (AvgIpc) is 3.33. The van der Waals surface area contributed by atoms with E-state index in [0.29, 0.717) is 24.9 Å². The largest absolute Gasteiger partial charge is 0.359 e. The fraction of sp³-hybridized carbons (Fsp3) is 0.700. The first-order chi connectivity index (χ1) is 18.0. The number of hydrogen-bond donors (Lipinski definition) is 1. The van der Waals surface area contributed by atoms with Crippen LogP contribution in [0.25, 0.3) is 0 Å². The second-order valence-electron chi connectivity index (χ2n) is 11.0. The zero-order valence-corrected chi connectivity index (χ0v) is 23.8. The lowest BCUT2D eigenvalue weighted by atomic mass is 9.82. The predicted octanol–water partition coefficient (Wildman–Crippen LogP) is 5.19. The summed E-state index contributed by atoms with van der Waals surface area (Å²) >= 11 is 1.81. The van der Waals surface area contributed by atoms with Gasteiger partial charge in [-0.3, -0.25) is 14.5 Å². The van der Waals surface area contributed by atoms with E-state index in [4.69, 9.17) is 0 Å². The van der Waals surface area contributed by atoms with Crippen molar-refractivity contribution in [2.24, 2.45) is 11.8 Å². The molecule has 1 saturated carbocycles. The molecule has 2 aliphatic rings. The molecule has 3 atom stereocenters. The molecule has 0 radical (unpaired) electrons. The topological polar surface area (TPSA) is 69.7 Å². The van der Waals surface area contributed by atoms with E-state index < -0.39 is 0 Å². The van der Waals surface area contributed by atoms with Crippen molar-refractivity contribution in [1.82, 2.24) is 15.1 Å². The van der Waals surface area contributed by atoms with Crippen molar-refractivity contribution in [1.29, 1.82) is 0 Å². The van der Waals surface area contributed by atoms with Crippen molar-refractivity contribution in [2.75, 3.05) is 39.5 Å². The maximum absolute atomic E-state index is 11.7. The quantitative estimate of drug-likeness (QED) is 0.170. The van der Waals surface area contributed by atoms with Gasteiger partial charge in [0, 0.05) is 43.6 Å². The van der Waals surface area contributed by atoms with Gasteiger partial charge >= 0.3 is 0 Å². The number of nitrogens with zero attached hydrogens (tertiary/aromatic N) is 2. The van der Waals surface area contributed by atoms with Gasteiger partial charge in [0.25, 0.3) is 0 Å². The molecule has 0 bridgehead atoms. The van der Waals surface area contributed by atoms with Crippen LogP contribution < -0.4 is 5.32 Å². The molecule has 37 heavy (non-hydrogen) atoms. The van der Waals surface area contributed by atoms with Crippen LogP contribution in [-0.4, -0.2) is 73.8 Å². The van der Waals surface area contributed by atoms with E-state index in [1.807, 2.05) is 35.8 Å². The van der Waals surface area contributed by atoms with E-state index in [1.165, 1.54) is 77.4 Å². The molecule has 1 aliphatic heterocycles. The maximum Gasteiger partial charge on any atom is 0.219 e. The lowest BCUT2D eigenvalue weighted by Crippen LogP contribution is -2.34. The number of rotatable bonds is 17. The third-order valence-corrected chi connectivity index (χ3v) is 9.49. The second-order valence-corrected chi connectivity index (χ2v) is 12.1. The van der Waals surface area contributed by atoms with E-state index >= 15 is 0 Å². The molecule has 2 fully saturated rings. The van der Waals surface area contributed by atoms with Crippen molar-refractivity contribution in [3.8, 4) is 0 Å². The minimum absolute atomic E-state index is 0.0708. The number of fused-ring (bicyclic) bond motifs is 1. The number of benzene rings is 1. The Kier molecular flexibility index (Phi) is 13.2. The minimum Gasteiger partial charge on any atom is -0.359 e. The molecule has 7 heteroatoms. The van der Waals surface area contributed by atoms with Crippen molar-refractivity contribution >= 4 is 30.2 Å². The van der Waals surface area contributed by atoms with Gasteiger partial charge in [0.15, 0.2) is 0 Å². The summed E-state index contributed by atoms with van der Waals surface area (Å²) in [4.78, 5) is 40.8. The predicted molar refractivity (Wildman–Crippen MR) is 152 cm³/mol.